The molecule has 0 unspecified atom stereocenters. The molecule has 6 nitrogen and oxygen atoms in total. The first-order valence-corrected chi connectivity index (χ1v) is 9.10. The molecule has 1 aromatic carbocycles. The van der Waals surface area contributed by atoms with Gasteiger partial charge in [-0.25, -0.2) is 0 Å². The minimum atomic E-state index is -0.321. The number of hydrogen-bond donors (Lipinski definition) is 3. The number of aryl methyl sites for hydroxylation is 1. The van der Waals surface area contributed by atoms with Gasteiger partial charge in [-0.05, 0) is 50.1 Å². The summed E-state index contributed by atoms with van der Waals surface area (Å²) in [6.07, 6.45) is 7.79. The van der Waals surface area contributed by atoms with Crippen molar-refractivity contribution in [1.29, 1.82) is 0 Å². The maximum Gasteiger partial charge on any atom is 0.255 e. The number of amides is 2. The van der Waals surface area contributed by atoms with Gasteiger partial charge in [0, 0.05) is 17.4 Å². The second-order valence-corrected chi connectivity index (χ2v) is 6.68. The molecular weight excluding hydrogens is 330 g/mol. The zero-order chi connectivity index (χ0) is 18.4. The van der Waals surface area contributed by atoms with Crippen LogP contribution in [0.2, 0.25) is 0 Å². The first-order valence-electron chi connectivity index (χ1n) is 9.10. The number of carbonyl (C=O) groups is 2. The largest absolute Gasteiger partial charge is 0.469 e. The van der Waals surface area contributed by atoms with E-state index in [2.05, 4.69) is 16.0 Å². The SMILES string of the molecule is Cc1occc1C(=O)NCC(=O)Nc1ccc(NC2CCCCC2)cc1. The Morgan fingerprint density at radius 3 is 2.38 bits per heavy atom. The smallest absolute Gasteiger partial charge is 0.255 e. The first kappa shape index (κ1) is 18.0. The molecule has 2 aromatic rings. The van der Waals surface area contributed by atoms with Gasteiger partial charge in [0.05, 0.1) is 18.4 Å². The highest BCUT2D eigenvalue weighted by atomic mass is 16.3. The highest BCUT2D eigenvalue weighted by molar-refractivity contribution is 5.99. The molecule has 0 atom stereocenters. The molecule has 138 valence electrons. The molecule has 2 amide bonds. The number of furan rings is 1. The molecule has 3 rings (SSSR count). The van der Waals surface area contributed by atoms with Crippen molar-refractivity contribution in [2.75, 3.05) is 17.2 Å². The van der Waals surface area contributed by atoms with E-state index in [1.54, 1.807) is 13.0 Å². The second-order valence-electron chi connectivity index (χ2n) is 6.68. The molecule has 0 aliphatic heterocycles. The molecule has 26 heavy (non-hydrogen) atoms. The van der Waals surface area contributed by atoms with Crippen LogP contribution in [0.1, 0.15) is 48.2 Å². The second kappa shape index (κ2) is 8.56. The summed E-state index contributed by atoms with van der Waals surface area (Å²) in [6.45, 7) is 1.61. The van der Waals surface area contributed by atoms with E-state index in [0.717, 1.165) is 5.69 Å². The fourth-order valence-electron chi connectivity index (χ4n) is 3.21. The molecule has 1 saturated carbocycles. The van der Waals surface area contributed by atoms with Crippen molar-refractivity contribution in [3.63, 3.8) is 0 Å². The lowest BCUT2D eigenvalue weighted by Gasteiger charge is -2.23. The standard InChI is InChI=1S/C20H25N3O3/c1-14-18(11-12-26-14)20(25)21-13-19(24)23-17-9-7-16(8-10-17)22-15-5-3-2-4-6-15/h7-12,15,22H,2-6,13H2,1H3,(H,21,25)(H,23,24). The molecule has 1 aromatic heterocycles. The van der Waals surface area contributed by atoms with Crippen LogP contribution >= 0.6 is 0 Å². The Labute approximate surface area is 153 Å². The van der Waals surface area contributed by atoms with Crippen LogP contribution in [0, 0.1) is 6.92 Å². The van der Waals surface area contributed by atoms with Gasteiger partial charge in [-0.2, -0.15) is 0 Å². The minimum Gasteiger partial charge on any atom is -0.469 e. The van der Waals surface area contributed by atoms with Crippen LogP contribution in [0.15, 0.2) is 41.0 Å². The van der Waals surface area contributed by atoms with Crippen LogP contribution in [-0.2, 0) is 4.79 Å². The van der Waals surface area contributed by atoms with E-state index >= 15 is 0 Å². The highest BCUT2D eigenvalue weighted by Crippen LogP contribution is 2.22. The van der Waals surface area contributed by atoms with Gasteiger partial charge in [0.2, 0.25) is 5.91 Å². The Hall–Kier alpha value is -2.76. The predicted molar refractivity (Wildman–Crippen MR) is 101 cm³/mol. The summed E-state index contributed by atoms with van der Waals surface area (Å²) in [5, 5.41) is 8.92. The Balaban J connectivity index is 1.45. The highest BCUT2D eigenvalue weighted by Gasteiger charge is 2.14. The van der Waals surface area contributed by atoms with Crippen LogP contribution in [0.5, 0.6) is 0 Å². The van der Waals surface area contributed by atoms with Gasteiger partial charge in [-0.15, -0.1) is 0 Å². The fourth-order valence-corrected chi connectivity index (χ4v) is 3.21. The molecule has 0 radical (unpaired) electrons. The van der Waals surface area contributed by atoms with Gasteiger partial charge in [-0.3, -0.25) is 9.59 Å². The zero-order valence-corrected chi connectivity index (χ0v) is 15.0. The molecule has 3 N–H and O–H groups in total. The van der Waals surface area contributed by atoms with E-state index in [-0.39, 0.29) is 18.4 Å². The number of anilines is 2. The third kappa shape index (κ3) is 4.88. The molecule has 0 saturated heterocycles. The lowest BCUT2D eigenvalue weighted by Crippen LogP contribution is -2.32. The first-order chi connectivity index (χ1) is 12.6. The molecule has 1 fully saturated rings. The topological polar surface area (TPSA) is 83.4 Å². The molecule has 1 aliphatic rings. The number of carbonyl (C=O) groups excluding carboxylic acids is 2. The molecule has 1 heterocycles. The number of benzene rings is 1. The van der Waals surface area contributed by atoms with Gasteiger partial charge in [0.15, 0.2) is 0 Å². The predicted octanol–water partition coefficient (Wildman–Crippen LogP) is 3.70. The van der Waals surface area contributed by atoms with Crippen LogP contribution in [0.4, 0.5) is 11.4 Å². The molecule has 1 aliphatic carbocycles. The van der Waals surface area contributed by atoms with Gasteiger partial charge in [0.1, 0.15) is 5.76 Å². The molecule has 6 heteroatoms. The molecule has 0 bridgehead atoms. The van der Waals surface area contributed by atoms with Crippen molar-refractivity contribution in [2.45, 2.75) is 45.1 Å². The van der Waals surface area contributed by atoms with Crippen molar-refractivity contribution in [3.8, 4) is 0 Å². The van der Waals surface area contributed by atoms with Crippen molar-refractivity contribution >= 4 is 23.2 Å². The van der Waals surface area contributed by atoms with Crippen LogP contribution in [0.3, 0.4) is 0 Å². The van der Waals surface area contributed by atoms with E-state index in [9.17, 15) is 9.59 Å². The van der Waals surface area contributed by atoms with Crippen LogP contribution < -0.4 is 16.0 Å². The lowest BCUT2D eigenvalue weighted by molar-refractivity contribution is -0.115. The maximum absolute atomic E-state index is 12.0. The summed E-state index contributed by atoms with van der Waals surface area (Å²) >= 11 is 0. The average Bonchev–Trinajstić information content (AvgIpc) is 3.08. The monoisotopic (exact) mass is 355 g/mol. The summed E-state index contributed by atoms with van der Waals surface area (Å²) < 4.78 is 5.09. The third-order valence-electron chi connectivity index (χ3n) is 4.66. The summed E-state index contributed by atoms with van der Waals surface area (Å²) in [5.74, 6) is -0.0603. The number of nitrogens with one attached hydrogen (secondary N) is 3. The summed E-state index contributed by atoms with van der Waals surface area (Å²) in [5.41, 5.74) is 2.22. The zero-order valence-electron chi connectivity index (χ0n) is 15.0. The third-order valence-corrected chi connectivity index (χ3v) is 4.66. The van der Waals surface area contributed by atoms with E-state index in [0.29, 0.717) is 23.1 Å². The summed E-state index contributed by atoms with van der Waals surface area (Å²) in [4.78, 5) is 24.0. The summed E-state index contributed by atoms with van der Waals surface area (Å²) in [6, 6.07) is 9.80. The van der Waals surface area contributed by atoms with E-state index in [1.165, 1.54) is 38.4 Å². The van der Waals surface area contributed by atoms with E-state index in [1.807, 2.05) is 24.3 Å². The van der Waals surface area contributed by atoms with Crippen molar-refractivity contribution < 1.29 is 14.0 Å². The Morgan fingerprint density at radius 1 is 1.04 bits per heavy atom. The quantitative estimate of drug-likeness (QED) is 0.738. The summed E-state index contributed by atoms with van der Waals surface area (Å²) in [7, 11) is 0. The van der Waals surface area contributed by atoms with Gasteiger partial charge >= 0.3 is 0 Å². The normalized spacial score (nSPS) is 14.7. The lowest BCUT2D eigenvalue weighted by atomic mass is 9.95. The van der Waals surface area contributed by atoms with Gasteiger partial charge in [-0.1, -0.05) is 19.3 Å². The Morgan fingerprint density at radius 2 is 1.73 bits per heavy atom. The molecule has 0 spiro atoms. The Kier molecular flexibility index (Phi) is 5.94. The van der Waals surface area contributed by atoms with E-state index in [4.69, 9.17) is 4.42 Å². The minimum absolute atomic E-state index is 0.0917. The average molecular weight is 355 g/mol. The fraction of sp³-hybridized carbons (Fsp3) is 0.400. The van der Waals surface area contributed by atoms with Crippen LogP contribution in [0.25, 0.3) is 0 Å². The van der Waals surface area contributed by atoms with Crippen molar-refractivity contribution in [1.82, 2.24) is 5.32 Å². The van der Waals surface area contributed by atoms with E-state index < -0.39 is 0 Å². The number of rotatable bonds is 6. The van der Waals surface area contributed by atoms with Gasteiger partial charge in [0.25, 0.3) is 5.91 Å². The Bertz CT molecular complexity index is 746. The van der Waals surface area contributed by atoms with Crippen molar-refractivity contribution in [3.05, 3.63) is 47.9 Å². The van der Waals surface area contributed by atoms with Crippen LogP contribution in [-0.4, -0.2) is 24.4 Å². The maximum atomic E-state index is 12.0. The van der Waals surface area contributed by atoms with Gasteiger partial charge < -0.3 is 20.4 Å². The number of hydrogen-bond acceptors (Lipinski definition) is 4. The van der Waals surface area contributed by atoms with Crippen molar-refractivity contribution in [2.24, 2.45) is 0 Å². The molecular formula is C20H25N3O3.